The first-order chi connectivity index (χ1) is 10.1. The molecular weight excluding hydrogens is 264 g/mol. The highest BCUT2D eigenvalue weighted by Gasteiger charge is 2.05. The van der Waals surface area contributed by atoms with Crippen LogP contribution in [0.4, 0.5) is 5.69 Å². The number of phenols is 1. The van der Waals surface area contributed by atoms with E-state index in [1.807, 2.05) is 24.4 Å². The number of anilines is 1. The fraction of sp³-hybridized carbons (Fsp3) is 0.353. The molecule has 112 valence electrons. The fourth-order valence-electron chi connectivity index (χ4n) is 2.35. The van der Waals surface area contributed by atoms with E-state index in [1.165, 1.54) is 0 Å². The molecule has 0 radical (unpaired) electrons. The van der Waals surface area contributed by atoms with E-state index in [9.17, 15) is 9.90 Å². The summed E-state index contributed by atoms with van der Waals surface area (Å²) in [7, 11) is 0. The Labute approximate surface area is 125 Å². The van der Waals surface area contributed by atoms with Crippen molar-refractivity contribution in [3.8, 4) is 5.75 Å². The van der Waals surface area contributed by atoms with E-state index in [0.717, 1.165) is 30.6 Å². The maximum atomic E-state index is 11.7. The molecule has 1 heterocycles. The van der Waals surface area contributed by atoms with E-state index >= 15 is 0 Å². The van der Waals surface area contributed by atoms with Crippen LogP contribution in [-0.2, 0) is 13.0 Å². The number of hydrogen-bond acceptors (Lipinski definition) is 3. The Morgan fingerprint density at radius 2 is 1.90 bits per heavy atom. The van der Waals surface area contributed by atoms with Crippen molar-refractivity contribution in [1.29, 1.82) is 0 Å². The average molecular weight is 286 g/mol. The Bertz CT molecular complexity index is 632. The number of nitrogens with zero attached hydrogens (tertiary/aromatic N) is 1. The lowest BCUT2D eigenvalue weighted by molar-refractivity contribution is 0.475. The van der Waals surface area contributed by atoms with Gasteiger partial charge in [-0.3, -0.25) is 4.79 Å². The highest BCUT2D eigenvalue weighted by Crippen LogP contribution is 2.13. The molecule has 0 aliphatic carbocycles. The maximum Gasteiger partial charge on any atom is 0.250 e. The van der Waals surface area contributed by atoms with Crippen molar-refractivity contribution >= 4 is 5.69 Å². The summed E-state index contributed by atoms with van der Waals surface area (Å²) < 4.78 is 1.73. The van der Waals surface area contributed by atoms with Crippen LogP contribution in [0.25, 0.3) is 0 Å². The van der Waals surface area contributed by atoms with Crippen LogP contribution in [0.5, 0.6) is 5.75 Å². The number of aromatic nitrogens is 1. The van der Waals surface area contributed by atoms with E-state index in [0.29, 0.717) is 0 Å². The molecule has 4 nitrogen and oxygen atoms in total. The fourth-order valence-corrected chi connectivity index (χ4v) is 2.35. The predicted octanol–water partition coefficient (Wildman–Crippen LogP) is 3.01. The average Bonchev–Trinajstić information content (AvgIpc) is 2.45. The van der Waals surface area contributed by atoms with Crippen LogP contribution in [0.2, 0.25) is 0 Å². The van der Waals surface area contributed by atoms with Gasteiger partial charge in [0, 0.05) is 24.8 Å². The minimum Gasteiger partial charge on any atom is -0.508 e. The number of rotatable bonds is 6. The summed E-state index contributed by atoms with van der Waals surface area (Å²) in [5.41, 5.74) is 2.15. The van der Waals surface area contributed by atoms with Crippen LogP contribution in [0, 0.1) is 0 Å². The predicted molar refractivity (Wildman–Crippen MR) is 85.9 cm³/mol. The third-order valence-corrected chi connectivity index (χ3v) is 3.34. The van der Waals surface area contributed by atoms with E-state index in [1.54, 1.807) is 22.8 Å². The number of nitrogens with one attached hydrogen (secondary N) is 1. The van der Waals surface area contributed by atoms with Gasteiger partial charge >= 0.3 is 0 Å². The first-order valence-electron chi connectivity index (χ1n) is 7.33. The summed E-state index contributed by atoms with van der Waals surface area (Å²) >= 11 is 0. The van der Waals surface area contributed by atoms with Crippen molar-refractivity contribution in [1.82, 2.24) is 4.57 Å². The second kappa shape index (κ2) is 6.97. The van der Waals surface area contributed by atoms with Crippen LogP contribution in [0.3, 0.4) is 0 Å². The molecule has 2 aromatic rings. The summed E-state index contributed by atoms with van der Waals surface area (Å²) in [5.74, 6) is 0.283. The van der Waals surface area contributed by atoms with Crippen LogP contribution >= 0.6 is 0 Å². The lowest BCUT2D eigenvalue weighted by Crippen LogP contribution is -2.22. The minimum absolute atomic E-state index is 0.0357. The Kier molecular flexibility index (Phi) is 5.04. The van der Waals surface area contributed by atoms with Gasteiger partial charge in [0.05, 0.1) is 5.69 Å². The van der Waals surface area contributed by atoms with E-state index in [4.69, 9.17) is 0 Å². The molecule has 4 heteroatoms. The standard InChI is InChI=1S/C17H22N2O2/c1-3-10-19-12-15(6-9-17(19)21)18-13(2)11-14-4-7-16(20)8-5-14/h4-9,12-13,18,20H,3,10-11H2,1-2H3. The first-order valence-corrected chi connectivity index (χ1v) is 7.33. The van der Waals surface area contributed by atoms with E-state index in [-0.39, 0.29) is 17.4 Å². The number of pyridine rings is 1. The molecule has 0 saturated heterocycles. The molecule has 1 atom stereocenters. The molecule has 2 N–H and O–H groups in total. The molecule has 1 unspecified atom stereocenters. The normalized spacial score (nSPS) is 12.1. The van der Waals surface area contributed by atoms with Gasteiger partial charge in [0.25, 0.3) is 5.56 Å². The number of benzene rings is 1. The third kappa shape index (κ3) is 4.38. The molecule has 0 bridgehead atoms. The van der Waals surface area contributed by atoms with Crippen LogP contribution < -0.4 is 10.9 Å². The van der Waals surface area contributed by atoms with Crippen molar-refractivity contribution < 1.29 is 5.11 Å². The van der Waals surface area contributed by atoms with E-state index < -0.39 is 0 Å². The van der Waals surface area contributed by atoms with Gasteiger partial charge in [0.15, 0.2) is 0 Å². The number of hydrogen-bond donors (Lipinski definition) is 2. The molecule has 1 aromatic heterocycles. The van der Waals surface area contributed by atoms with Gasteiger partial charge in [0.1, 0.15) is 5.75 Å². The van der Waals surface area contributed by atoms with Crippen LogP contribution in [0.15, 0.2) is 47.4 Å². The summed E-state index contributed by atoms with van der Waals surface area (Å²) in [4.78, 5) is 11.7. The molecular formula is C17H22N2O2. The summed E-state index contributed by atoms with van der Waals surface area (Å²) in [6.07, 6.45) is 3.67. The van der Waals surface area contributed by atoms with E-state index in [2.05, 4.69) is 19.2 Å². The third-order valence-electron chi connectivity index (χ3n) is 3.34. The molecule has 2 rings (SSSR count). The van der Waals surface area contributed by atoms with Crippen molar-refractivity contribution in [3.05, 3.63) is 58.5 Å². The lowest BCUT2D eigenvalue weighted by Gasteiger charge is -2.16. The Morgan fingerprint density at radius 3 is 2.57 bits per heavy atom. The van der Waals surface area contributed by atoms with Gasteiger partial charge in [-0.1, -0.05) is 19.1 Å². The quantitative estimate of drug-likeness (QED) is 0.858. The van der Waals surface area contributed by atoms with Crippen molar-refractivity contribution in [2.24, 2.45) is 0 Å². The second-order valence-corrected chi connectivity index (χ2v) is 5.37. The molecule has 0 aliphatic rings. The largest absolute Gasteiger partial charge is 0.508 e. The number of aromatic hydroxyl groups is 1. The molecule has 0 spiro atoms. The Hall–Kier alpha value is -2.23. The minimum atomic E-state index is 0.0357. The summed E-state index contributed by atoms with van der Waals surface area (Å²) in [6, 6.07) is 10.9. The molecule has 0 saturated carbocycles. The Morgan fingerprint density at radius 1 is 1.19 bits per heavy atom. The van der Waals surface area contributed by atoms with Crippen molar-refractivity contribution in [2.45, 2.75) is 39.3 Å². The topological polar surface area (TPSA) is 54.3 Å². The highest BCUT2D eigenvalue weighted by molar-refractivity contribution is 5.41. The number of aryl methyl sites for hydroxylation is 1. The zero-order chi connectivity index (χ0) is 15.2. The van der Waals surface area contributed by atoms with Gasteiger partial charge in [-0.05, 0) is 43.5 Å². The second-order valence-electron chi connectivity index (χ2n) is 5.37. The van der Waals surface area contributed by atoms with Crippen LogP contribution in [0.1, 0.15) is 25.8 Å². The molecule has 0 amide bonds. The van der Waals surface area contributed by atoms with Gasteiger partial charge in [0.2, 0.25) is 0 Å². The van der Waals surface area contributed by atoms with Crippen molar-refractivity contribution in [3.63, 3.8) is 0 Å². The van der Waals surface area contributed by atoms with Gasteiger partial charge in [-0.2, -0.15) is 0 Å². The summed E-state index contributed by atoms with van der Waals surface area (Å²) in [5, 5.41) is 12.7. The highest BCUT2D eigenvalue weighted by atomic mass is 16.3. The number of phenolic OH excluding ortho intramolecular Hbond substituents is 1. The monoisotopic (exact) mass is 286 g/mol. The van der Waals surface area contributed by atoms with Gasteiger partial charge in [-0.15, -0.1) is 0 Å². The SMILES string of the molecule is CCCn1cc(NC(C)Cc2ccc(O)cc2)ccc1=O. The lowest BCUT2D eigenvalue weighted by atomic mass is 10.1. The van der Waals surface area contributed by atoms with Crippen molar-refractivity contribution in [2.75, 3.05) is 5.32 Å². The zero-order valence-corrected chi connectivity index (χ0v) is 12.5. The van der Waals surface area contributed by atoms with Gasteiger partial charge in [-0.25, -0.2) is 0 Å². The van der Waals surface area contributed by atoms with Crippen LogP contribution in [-0.4, -0.2) is 15.7 Å². The molecule has 1 aromatic carbocycles. The first kappa shape index (κ1) is 15.2. The molecule has 0 aliphatic heterocycles. The molecule has 21 heavy (non-hydrogen) atoms. The molecule has 0 fully saturated rings. The zero-order valence-electron chi connectivity index (χ0n) is 12.5. The smallest absolute Gasteiger partial charge is 0.250 e. The summed E-state index contributed by atoms with van der Waals surface area (Å²) in [6.45, 7) is 4.89. The maximum absolute atomic E-state index is 11.7. The Balaban J connectivity index is 2.02. The van der Waals surface area contributed by atoms with Gasteiger partial charge < -0.3 is 15.0 Å².